The maximum atomic E-state index is 8.36. The predicted octanol–water partition coefficient (Wildman–Crippen LogP) is 2.29. The van der Waals surface area contributed by atoms with Crippen molar-refractivity contribution in [2.75, 3.05) is 5.73 Å². The summed E-state index contributed by atoms with van der Waals surface area (Å²) in [6, 6.07) is 1.87. The smallest absolute Gasteiger partial charge is 0.159 e. The van der Waals surface area contributed by atoms with Crippen molar-refractivity contribution in [1.29, 1.82) is 5.26 Å². The van der Waals surface area contributed by atoms with Gasteiger partial charge in [-0.1, -0.05) is 27.7 Å². The zero-order valence-corrected chi connectivity index (χ0v) is 9.50. The number of hydrogen-bond acceptors (Lipinski definition) is 4. The zero-order chi connectivity index (χ0) is 11.6. The lowest BCUT2D eigenvalue weighted by Crippen LogP contribution is -1.97. The van der Waals surface area contributed by atoms with Crippen LogP contribution in [0, 0.1) is 18.3 Å². The lowest BCUT2D eigenvalue weighted by atomic mass is 10.4. The van der Waals surface area contributed by atoms with Gasteiger partial charge in [0.1, 0.15) is 11.9 Å². The van der Waals surface area contributed by atoms with E-state index in [1.54, 1.807) is 6.92 Å². The molecule has 0 aliphatic carbocycles. The lowest BCUT2D eigenvalue weighted by molar-refractivity contribution is 1.10. The summed E-state index contributed by atoms with van der Waals surface area (Å²) in [5.41, 5.74) is 6.25. The SMILES string of the molecule is CC.CC.Cc1nc(C#N)cnc1N. The van der Waals surface area contributed by atoms with Crippen LogP contribution in [0.5, 0.6) is 0 Å². The summed E-state index contributed by atoms with van der Waals surface area (Å²) < 4.78 is 0. The molecule has 0 aliphatic rings. The first-order chi connectivity index (χ1) is 6.74. The number of anilines is 1. The van der Waals surface area contributed by atoms with Crippen LogP contribution in [0.25, 0.3) is 0 Å². The minimum Gasteiger partial charge on any atom is -0.382 e. The number of aryl methyl sites for hydroxylation is 1. The first-order valence-corrected chi connectivity index (χ1v) is 4.73. The van der Waals surface area contributed by atoms with Gasteiger partial charge in [-0.05, 0) is 6.92 Å². The van der Waals surface area contributed by atoms with E-state index in [-0.39, 0.29) is 0 Å². The molecular weight excluding hydrogens is 176 g/mol. The summed E-state index contributed by atoms with van der Waals surface area (Å²) in [7, 11) is 0. The predicted molar refractivity (Wildman–Crippen MR) is 58.6 cm³/mol. The highest BCUT2D eigenvalue weighted by Gasteiger charge is 1.96. The molecule has 1 rings (SSSR count). The Bertz CT molecular complexity index is 289. The van der Waals surface area contributed by atoms with E-state index in [9.17, 15) is 0 Å². The molecule has 1 aromatic heterocycles. The Morgan fingerprint density at radius 3 is 2.14 bits per heavy atom. The Morgan fingerprint density at radius 2 is 1.79 bits per heavy atom. The van der Waals surface area contributed by atoms with Crippen molar-refractivity contribution in [2.24, 2.45) is 0 Å². The number of nitrogen functional groups attached to an aromatic ring is 1. The summed E-state index contributed by atoms with van der Waals surface area (Å²) >= 11 is 0. The van der Waals surface area contributed by atoms with Crippen LogP contribution in [0.2, 0.25) is 0 Å². The van der Waals surface area contributed by atoms with E-state index in [4.69, 9.17) is 11.0 Å². The van der Waals surface area contributed by atoms with Crippen LogP contribution in [0.4, 0.5) is 5.82 Å². The molecule has 0 radical (unpaired) electrons. The molecule has 0 atom stereocenters. The van der Waals surface area contributed by atoms with Crippen LogP contribution >= 0.6 is 0 Å². The van der Waals surface area contributed by atoms with Crippen molar-refractivity contribution in [3.05, 3.63) is 17.6 Å². The number of rotatable bonds is 0. The Morgan fingerprint density at radius 1 is 1.29 bits per heavy atom. The number of aromatic nitrogens is 2. The van der Waals surface area contributed by atoms with Gasteiger partial charge in [-0.25, -0.2) is 9.97 Å². The van der Waals surface area contributed by atoms with Crippen molar-refractivity contribution in [3.8, 4) is 6.07 Å². The molecule has 78 valence electrons. The molecule has 4 nitrogen and oxygen atoms in total. The number of nitriles is 1. The average Bonchev–Trinajstić information content (AvgIpc) is 2.28. The molecule has 0 aromatic carbocycles. The van der Waals surface area contributed by atoms with E-state index in [0.717, 1.165) is 0 Å². The fourth-order valence-electron chi connectivity index (χ4n) is 0.545. The summed E-state index contributed by atoms with van der Waals surface area (Å²) in [6.45, 7) is 9.71. The molecule has 0 bridgehead atoms. The van der Waals surface area contributed by atoms with Gasteiger partial charge in [0.25, 0.3) is 0 Å². The van der Waals surface area contributed by atoms with Gasteiger partial charge in [0.15, 0.2) is 5.69 Å². The van der Waals surface area contributed by atoms with Crippen molar-refractivity contribution < 1.29 is 0 Å². The van der Waals surface area contributed by atoms with Crippen molar-refractivity contribution in [3.63, 3.8) is 0 Å². The third-order valence-corrected chi connectivity index (χ3v) is 1.10. The highest BCUT2D eigenvalue weighted by molar-refractivity contribution is 5.35. The maximum absolute atomic E-state index is 8.36. The van der Waals surface area contributed by atoms with Gasteiger partial charge in [-0.15, -0.1) is 0 Å². The van der Waals surface area contributed by atoms with E-state index < -0.39 is 0 Å². The van der Waals surface area contributed by atoms with Gasteiger partial charge in [0.2, 0.25) is 0 Å². The van der Waals surface area contributed by atoms with Crippen molar-refractivity contribution >= 4 is 5.82 Å². The number of nitrogens with two attached hydrogens (primary N) is 1. The molecule has 0 aliphatic heterocycles. The molecule has 0 saturated heterocycles. The molecule has 0 saturated carbocycles. The second-order valence-electron chi connectivity index (χ2n) is 1.84. The highest BCUT2D eigenvalue weighted by atomic mass is 14.9. The minimum atomic E-state index is 0.298. The van der Waals surface area contributed by atoms with Crippen LogP contribution in [0.15, 0.2) is 6.20 Å². The summed E-state index contributed by atoms with van der Waals surface area (Å²) in [6.07, 6.45) is 1.35. The van der Waals surface area contributed by atoms with Crippen molar-refractivity contribution in [1.82, 2.24) is 9.97 Å². The van der Waals surface area contributed by atoms with E-state index in [2.05, 4.69) is 9.97 Å². The van der Waals surface area contributed by atoms with Gasteiger partial charge >= 0.3 is 0 Å². The summed E-state index contributed by atoms with van der Waals surface area (Å²) in [5.74, 6) is 0.374. The van der Waals surface area contributed by atoms with E-state index in [1.807, 2.05) is 33.8 Å². The van der Waals surface area contributed by atoms with Crippen LogP contribution in [-0.4, -0.2) is 9.97 Å². The first-order valence-electron chi connectivity index (χ1n) is 4.73. The second-order valence-corrected chi connectivity index (χ2v) is 1.84. The molecule has 0 fully saturated rings. The van der Waals surface area contributed by atoms with Gasteiger partial charge in [0.05, 0.1) is 11.9 Å². The van der Waals surface area contributed by atoms with Gasteiger partial charge in [-0.2, -0.15) is 5.26 Å². The third-order valence-electron chi connectivity index (χ3n) is 1.10. The Kier molecular flexibility index (Phi) is 10.0. The molecule has 0 spiro atoms. The average molecular weight is 194 g/mol. The first kappa shape index (κ1) is 14.9. The Balaban J connectivity index is 0. The zero-order valence-electron chi connectivity index (χ0n) is 9.50. The third kappa shape index (κ3) is 5.09. The van der Waals surface area contributed by atoms with Gasteiger partial charge in [0, 0.05) is 0 Å². The number of hydrogen-bond donors (Lipinski definition) is 1. The van der Waals surface area contributed by atoms with Crippen LogP contribution in [-0.2, 0) is 0 Å². The molecular formula is C10H18N4. The van der Waals surface area contributed by atoms with E-state index in [0.29, 0.717) is 17.2 Å². The summed E-state index contributed by atoms with van der Waals surface area (Å²) in [5, 5.41) is 8.36. The fourth-order valence-corrected chi connectivity index (χ4v) is 0.545. The monoisotopic (exact) mass is 194 g/mol. The fraction of sp³-hybridized carbons (Fsp3) is 0.500. The standard InChI is InChI=1S/C6H6N4.2C2H6/c1-4-6(8)9-3-5(2-7)10-4;2*1-2/h3H,1H3,(H2,8,9);2*1-2H3. The molecule has 1 aromatic rings. The van der Waals surface area contributed by atoms with Crippen LogP contribution < -0.4 is 5.73 Å². The summed E-state index contributed by atoms with van der Waals surface area (Å²) in [4.78, 5) is 7.58. The molecule has 0 unspecified atom stereocenters. The minimum absolute atomic E-state index is 0.298. The van der Waals surface area contributed by atoms with Gasteiger partial charge in [-0.3, -0.25) is 0 Å². The van der Waals surface area contributed by atoms with Crippen molar-refractivity contribution in [2.45, 2.75) is 34.6 Å². The normalized spacial score (nSPS) is 7.14. The largest absolute Gasteiger partial charge is 0.382 e. The molecule has 0 amide bonds. The number of nitrogens with zero attached hydrogens (tertiary/aromatic N) is 3. The lowest BCUT2D eigenvalue weighted by Gasteiger charge is -1.94. The van der Waals surface area contributed by atoms with Gasteiger partial charge < -0.3 is 5.73 Å². The molecule has 2 N–H and O–H groups in total. The van der Waals surface area contributed by atoms with E-state index >= 15 is 0 Å². The van der Waals surface area contributed by atoms with Crippen LogP contribution in [0.1, 0.15) is 39.1 Å². The molecule has 14 heavy (non-hydrogen) atoms. The second kappa shape index (κ2) is 9.46. The maximum Gasteiger partial charge on any atom is 0.159 e. The quantitative estimate of drug-likeness (QED) is 0.687. The van der Waals surface area contributed by atoms with E-state index in [1.165, 1.54) is 6.20 Å². The molecule has 1 heterocycles. The van der Waals surface area contributed by atoms with Crippen LogP contribution in [0.3, 0.4) is 0 Å². The highest BCUT2D eigenvalue weighted by Crippen LogP contribution is 2.01. The topological polar surface area (TPSA) is 75.6 Å². The Labute approximate surface area is 85.8 Å². The Hall–Kier alpha value is -1.63. The molecule has 4 heteroatoms.